The van der Waals surface area contributed by atoms with Gasteiger partial charge in [0.05, 0.1) is 6.54 Å². The topological polar surface area (TPSA) is 66.5 Å². The standard InChI is InChI=1S/C10H13N5/c1-8(9-5-3-2-4-6-9)11-7-10-12-14-15-13-10/h2-6,8,11H,7H2,1H3,(H,12,13,14,15). The van der Waals surface area contributed by atoms with Gasteiger partial charge in [-0.05, 0) is 12.5 Å². The van der Waals surface area contributed by atoms with Crippen LogP contribution in [-0.2, 0) is 6.54 Å². The fourth-order valence-electron chi connectivity index (χ4n) is 1.36. The molecule has 2 aromatic rings. The van der Waals surface area contributed by atoms with Gasteiger partial charge in [0.1, 0.15) is 0 Å². The third-order valence-electron chi connectivity index (χ3n) is 2.26. The van der Waals surface area contributed by atoms with Crippen molar-refractivity contribution in [3.8, 4) is 0 Å². The Labute approximate surface area is 87.9 Å². The number of aromatic nitrogens is 4. The summed E-state index contributed by atoms with van der Waals surface area (Å²) in [6.45, 7) is 2.72. The monoisotopic (exact) mass is 203 g/mol. The second kappa shape index (κ2) is 4.65. The number of nitrogens with one attached hydrogen (secondary N) is 2. The molecule has 0 radical (unpaired) electrons. The molecule has 0 spiro atoms. The number of tetrazole rings is 1. The Bertz CT molecular complexity index is 383. The average Bonchev–Trinajstić information content (AvgIpc) is 2.80. The van der Waals surface area contributed by atoms with E-state index in [-0.39, 0.29) is 6.04 Å². The molecular formula is C10H13N5. The first kappa shape index (κ1) is 9.79. The Morgan fingerprint density at radius 3 is 2.80 bits per heavy atom. The zero-order chi connectivity index (χ0) is 10.5. The molecule has 5 nitrogen and oxygen atoms in total. The summed E-state index contributed by atoms with van der Waals surface area (Å²) in [5.41, 5.74) is 1.25. The summed E-state index contributed by atoms with van der Waals surface area (Å²) in [5.74, 6) is 0.679. The Morgan fingerprint density at radius 2 is 2.13 bits per heavy atom. The van der Waals surface area contributed by atoms with Crippen LogP contribution in [0.2, 0.25) is 0 Å². The smallest absolute Gasteiger partial charge is 0.188 e. The maximum absolute atomic E-state index is 3.87. The lowest BCUT2D eigenvalue weighted by molar-refractivity contribution is 0.559. The van der Waals surface area contributed by atoms with E-state index in [2.05, 4.69) is 45.0 Å². The predicted octanol–water partition coefficient (Wildman–Crippen LogP) is 1.05. The molecule has 1 aromatic carbocycles. The van der Waals surface area contributed by atoms with E-state index in [0.29, 0.717) is 12.4 Å². The quantitative estimate of drug-likeness (QED) is 0.779. The highest BCUT2D eigenvalue weighted by Crippen LogP contribution is 2.10. The van der Waals surface area contributed by atoms with Gasteiger partial charge in [0.25, 0.3) is 0 Å². The van der Waals surface area contributed by atoms with E-state index >= 15 is 0 Å². The maximum Gasteiger partial charge on any atom is 0.188 e. The summed E-state index contributed by atoms with van der Waals surface area (Å²) in [6, 6.07) is 10.5. The second-order valence-electron chi connectivity index (χ2n) is 3.34. The van der Waals surface area contributed by atoms with E-state index < -0.39 is 0 Å². The van der Waals surface area contributed by atoms with Crippen LogP contribution in [-0.4, -0.2) is 20.6 Å². The van der Waals surface area contributed by atoms with Crippen LogP contribution in [0.3, 0.4) is 0 Å². The van der Waals surface area contributed by atoms with Gasteiger partial charge in [0.15, 0.2) is 5.82 Å². The van der Waals surface area contributed by atoms with Crippen LogP contribution < -0.4 is 5.32 Å². The second-order valence-corrected chi connectivity index (χ2v) is 3.34. The zero-order valence-corrected chi connectivity index (χ0v) is 8.51. The normalized spacial score (nSPS) is 12.6. The summed E-state index contributed by atoms with van der Waals surface area (Å²) in [7, 11) is 0. The lowest BCUT2D eigenvalue weighted by atomic mass is 10.1. The van der Waals surface area contributed by atoms with E-state index in [1.807, 2.05) is 18.2 Å². The first-order valence-electron chi connectivity index (χ1n) is 4.87. The summed E-state index contributed by atoms with van der Waals surface area (Å²) < 4.78 is 0. The van der Waals surface area contributed by atoms with E-state index in [4.69, 9.17) is 0 Å². The average molecular weight is 203 g/mol. The fraction of sp³-hybridized carbons (Fsp3) is 0.300. The largest absolute Gasteiger partial charge is 0.303 e. The Hall–Kier alpha value is -1.75. The fourth-order valence-corrected chi connectivity index (χ4v) is 1.36. The number of nitrogens with zero attached hydrogens (tertiary/aromatic N) is 3. The number of hydrogen-bond donors (Lipinski definition) is 2. The number of benzene rings is 1. The molecule has 1 aromatic heterocycles. The number of H-pyrrole nitrogens is 1. The number of rotatable bonds is 4. The molecule has 5 heteroatoms. The van der Waals surface area contributed by atoms with E-state index in [9.17, 15) is 0 Å². The Kier molecular flexibility index (Phi) is 3.04. The molecule has 0 aliphatic carbocycles. The van der Waals surface area contributed by atoms with Crippen molar-refractivity contribution >= 4 is 0 Å². The summed E-state index contributed by atoms with van der Waals surface area (Å²) in [4.78, 5) is 0. The molecule has 2 N–H and O–H groups in total. The highest BCUT2D eigenvalue weighted by molar-refractivity contribution is 5.17. The summed E-state index contributed by atoms with van der Waals surface area (Å²) >= 11 is 0. The van der Waals surface area contributed by atoms with E-state index in [1.54, 1.807) is 0 Å². The molecule has 1 atom stereocenters. The van der Waals surface area contributed by atoms with Crippen molar-refractivity contribution < 1.29 is 0 Å². The third kappa shape index (κ3) is 2.60. The molecule has 0 aliphatic rings. The lowest BCUT2D eigenvalue weighted by Gasteiger charge is -2.12. The number of aromatic amines is 1. The van der Waals surface area contributed by atoms with Crippen LogP contribution in [0.15, 0.2) is 30.3 Å². The van der Waals surface area contributed by atoms with Crippen molar-refractivity contribution in [2.24, 2.45) is 0 Å². The minimum Gasteiger partial charge on any atom is -0.303 e. The molecule has 1 heterocycles. The Balaban J connectivity index is 1.90. The molecule has 15 heavy (non-hydrogen) atoms. The zero-order valence-electron chi connectivity index (χ0n) is 8.51. The van der Waals surface area contributed by atoms with Gasteiger partial charge in [-0.3, -0.25) is 0 Å². The lowest BCUT2D eigenvalue weighted by Crippen LogP contribution is -2.18. The molecule has 1 unspecified atom stereocenters. The van der Waals surface area contributed by atoms with Gasteiger partial charge in [0.2, 0.25) is 0 Å². The maximum atomic E-state index is 3.87. The molecule has 0 saturated heterocycles. The van der Waals surface area contributed by atoms with Gasteiger partial charge < -0.3 is 5.32 Å². The van der Waals surface area contributed by atoms with Gasteiger partial charge in [-0.25, -0.2) is 0 Å². The minimum absolute atomic E-state index is 0.282. The highest BCUT2D eigenvalue weighted by atomic mass is 15.5. The minimum atomic E-state index is 0.282. The van der Waals surface area contributed by atoms with Crippen molar-refractivity contribution in [3.05, 3.63) is 41.7 Å². The highest BCUT2D eigenvalue weighted by Gasteiger charge is 2.05. The molecule has 0 amide bonds. The Morgan fingerprint density at radius 1 is 1.33 bits per heavy atom. The van der Waals surface area contributed by atoms with Gasteiger partial charge in [0, 0.05) is 6.04 Å². The van der Waals surface area contributed by atoms with Crippen LogP contribution >= 0.6 is 0 Å². The molecule has 0 bridgehead atoms. The summed E-state index contributed by atoms with van der Waals surface area (Å²) in [5, 5.41) is 17.0. The van der Waals surface area contributed by atoms with Gasteiger partial charge in [-0.15, -0.1) is 10.2 Å². The van der Waals surface area contributed by atoms with Crippen LogP contribution in [0.1, 0.15) is 24.4 Å². The van der Waals surface area contributed by atoms with Crippen LogP contribution in [0.4, 0.5) is 0 Å². The van der Waals surface area contributed by atoms with Gasteiger partial charge in [-0.2, -0.15) is 5.21 Å². The van der Waals surface area contributed by atoms with E-state index in [1.165, 1.54) is 5.56 Å². The van der Waals surface area contributed by atoms with Gasteiger partial charge >= 0.3 is 0 Å². The van der Waals surface area contributed by atoms with Crippen molar-refractivity contribution in [1.82, 2.24) is 25.9 Å². The van der Waals surface area contributed by atoms with Crippen molar-refractivity contribution in [2.45, 2.75) is 19.5 Å². The van der Waals surface area contributed by atoms with Crippen molar-refractivity contribution in [2.75, 3.05) is 0 Å². The first-order chi connectivity index (χ1) is 7.36. The molecule has 0 saturated carbocycles. The molecule has 0 fully saturated rings. The van der Waals surface area contributed by atoms with Crippen LogP contribution in [0, 0.1) is 0 Å². The molecule has 78 valence electrons. The number of hydrogen-bond acceptors (Lipinski definition) is 4. The van der Waals surface area contributed by atoms with Crippen molar-refractivity contribution in [3.63, 3.8) is 0 Å². The molecule has 0 aliphatic heterocycles. The first-order valence-corrected chi connectivity index (χ1v) is 4.87. The van der Waals surface area contributed by atoms with Gasteiger partial charge in [-0.1, -0.05) is 35.5 Å². The van der Waals surface area contributed by atoms with Crippen LogP contribution in [0.25, 0.3) is 0 Å². The predicted molar refractivity (Wildman–Crippen MR) is 55.9 cm³/mol. The summed E-state index contributed by atoms with van der Waals surface area (Å²) in [6.07, 6.45) is 0. The molecular weight excluding hydrogens is 190 g/mol. The SMILES string of the molecule is CC(NCc1nn[nH]n1)c1ccccc1. The third-order valence-corrected chi connectivity index (χ3v) is 2.26. The van der Waals surface area contributed by atoms with Crippen molar-refractivity contribution in [1.29, 1.82) is 0 Å². The molecule has 2 rings (SSSR count). The van der Waals surface area contributed by atoms with E-state index in [0.717, 1.165) is 0 Å². The van der Waals surface area contributed by atoms with Crippen LogP contribution in [0.5, 0.6) is 0 Å².